The second-order valence-corrected chi connectivity index (χ2v) is 8.03. The van der Waals surface area contributed by atoms with Crippen molar-refractivity contribution in [2.45, 2.75) is 12.6 Å². The number of cyclic esters (lactones) is 1. The van der Waals surface area contributed by atoms with E-state index in [0.717, 1.165) is 17.0 Å². The molecular formula is C26H17NO8. The van der Waals surface area contributed by atoms with Crippen molar-refractivity contribution in [3.63, 3.8) is 0 Å². The Labute approximate surface area is 198 Å². The van der Waals surface area contributed by atoms with Gasteiger partial charge in [0.2, 0.25) is 0 Å². The summed E-state index contributed by atoms with van der Waals surface area (Å²) in [6.45, 7) is 0.0166. The maximum absolute atomic E-state index is 13.2. The van der Waals surface area contributed by atoms with Crippen LogP contribution in [0.3, 0.4) is 0 Å². The van der Waals surface area contributed by atoms with Crippen LogP contribution in [0.25, 0.3) is 5.76 Å². The van der Waals surface area contributed by atoms with Crippen molar-refractivity contribution >= 4 is 35.1 Å². The topological polar surface area (TPSA) is 141 Å². The summed E-state index contributed by atoms with van der Waals surface area (Å²) in [5, 5.41) is 30.4. The second kappa shape index (κ2) is 8.14. The number of rotatable bonds is 4. The fourth-order valence-electron chi connectivity index (χ4n) is 4.33. The zero-order valence-corrected chi connectivity index (χ0v) is 18.0. The molecule has 174 valence electrons. The number of aromatic carboxylic acids is 1. The van der Waals surface area contributed by atoms with Crippen molar-refractivity contribution in [2.24, 2.45) is 0 Å². The van der Waals surface area contributed by atoms with Crippen molar-refractivity contribution in [3.8, 4) is 5.75 Å². The number of aliphatic hydroxyl groups excluding tert-OH is 1. The van der Waals surface area contributed by atoms with Crippen molar-refractivity contribution in [3.05, 3.63) is 100 Å². The van der Waals surface area contributed by atoms with Crippen LogP contribution >= 0.6 is 0 Å². The van der Waals surface area contributed by atoms with Crippen molar-refractivity contribution < 1.29 is 39.2 Å². The first kappa shape index (κ1) is 21.9. The zero-order valence-electron chi connectivity index (χ0n) is 18.0. The van der Waals surface area contributed by atoms with E-state index in [0.29, 0.717) is 22.3 Å². The highest BCUT2D eigenvalue weighted by Crippen LogP contribution is 2.43. The van der Waals surface area contributed by atoms with E-state index < -0.39 is 46.7 Å². The van der Waals surface area contributed by atoms with E-state index in [4.69, 9.17) is 4.74 Å². The van der Waals surface area contributed by atoms with Gasteiger partial charge in [-0.05, 0) is 35.9 Å². The molecule has 0 aromatic heterocycles. The van der Waals surface area contributed by atoms with E-state index in [-0.39, 0.29) is 17.9 Å². The molecule has 5 rings (SSSR count). The standard InChI is InChI=1S/C26H17NO8/c28-19-9-7-16(11-18(19)25(32)33)27-21(14-6-8-17-15(10-14)12-35-26(17)34)20(23(30)24(27)31)22(29)13-4-2-1-3-5-13/h1-11,21,28-29H,12H2,(H,32,33)/b22-20-/t21-/m1/s1. The maximum Gasteiger partial charge on any atom is 0.339 e. The minimum Gasteiger partial charge on any atom is -0.507 e. The number of Topliss-reactive ketones (excluding diaryl/α,β-unsaturated/α-hetero) is 1. The third-order valence-electron chi connectivity index (χ3n) is 6.00. The molecule has 9 nitrogen and oxygen atoms in total. The molecule has 2 aliphatic rings. The van der Waals surface area contributed by atoms with Crippen molar-refractivity contribution in [2.75, 3.05) is 4.90 Å². The third-order valence-corrected chi connectivity index (χ3v) is 6.00. The second-order valence-electron chi connectivity index (χ2n) is 8.03. The molecule has 0 radical (unpaired) electrons. The third kappa shape index (κ3) is 3.50. The highest BCUT2D eigenvalue weighted by Gasteiger charge is 2.47. The fourth-order valence-corrected chi connectivity index (χ4v) is 4.33. The van der Waals surface area contributed by atoms with E-state index in [1.54, 1.807) is 42.5 Å². The summed E-state index contributed by atoms with van der Waals surface area (Å²) >= 11 is 0. The number of aromatic hydroxyl groups is 1. The van der Waals surface area contributed by atoms with Crippen LogP contribution < -0.4 is 4.90 Å². The molecular weight excluding hydrogens is 454 g/mol. The number of carboxylic acids is 1. The van der Waals surface area contributed by atoms with Gasteiger partial charge in [0.25, 0.3) is 11.7 Å². The highest BCUT2D eigenvalue weighted by molar-refractivity contribution is 6.51. The van der Waals surface area contributed by atoms with Crippen LogP contribution in [0.2, 0.25) is 0 Å². The molecule has 9 heteroatoms. The van der Waals surface area contributed by atoms with E-state index in [1.165, 1.54) is 12.1 Å². The first-order valence-corrected chi connectivity index (χ1v) is 10.5. The molecule has 3 N–H and O–H groups in total. The predicted octanol–water partition coefficient (Wildman–Crippen LogP) is 3.39. The molecule has 1 atom stereocenters. The lowest BCUT2D eigenvalue weighted by Crippen LogP contribution is -2.29. The monoisotopic (exact) mass is 471 g/mol. The number of nitrogens with zero attached hydrogens (tertiary/aromatic N) is 1. The molecule has 0 saturated carbocycles. The van der Waals surface area contributed by atoms with Gasteiger partial charge in [-0.2, -0.15) is 0 Å². The number of carbonyl (C=O) groups is 4. The van der Waals surface area contributed by atoms with Crippen LogP contribution in [0.5, 0.6) is 5.75 Å². The lowest BCUT2D eigenvalue weighted by atomic mass is 9.93. The SMILES string of the molecule is O=C1C(=O)N(c2ccc(O)c(C(=O)O)c2)[C@H](c2ccc3c(c2)COC3=O)/C1=C(/O)c1ccccc1. The Balaban J connectivity index is 1.75. The van der Waals surface area contributed by atoms with E-state index in [9.17, 15) is 34.5 Å². The smallest absolute Gasteiger partial charge is 0.339 e. The lowest BCUT2D eigenvalue weighted by molar-refractivity contribution is -0.132. The number of aliphatic hydroxyl groups is 1. The summed E-state index contributed by atoms with van der Waals surface area (Å²) in [6.07, 6.45) is 0. The Morgan fingerprint density at radius 3 is 2.40 bits per heavy atom. The van der Waals surface area contributed by atoms with E-state index in [1.807, 2.05) is 0 Å². The van der Waals surface area contributed by atoms with Gasteiger partial charge in [-0.1, -0.05) is 36.4 Å². The van der Waals surface area contributed by atoms with E-state index >= 15 is 0 Å². The molecule has 2 heterocycles. The number of hydrogen-bond acceptors (Lipinski definition) is 7. The number of benzene rings is 3. The number of ether oxygens (including phenoxy) is 1. The first-order valence-electron chi connectivity index (χ1n) is 10.5. The van der Waals surface area contributed by atoms with Gasteiger partial charge >= 0.3 is 11.9 Å². The molecule has 3 aromatic carbocycles. The summed E-state index contributed by atoms with van der Waals surface area (Å²) in [7, 11) is 0. The maximum atomic E-state index is 13.2. The molecule has 0 unspecified atom stereocenters. The normalized spacial score (nSPS) is 18.5. The van der Waals surface area contributed by atoms with Crippen LogP contribution in [-0.2, 0) is 20.9 Å². The van der Waals surface area contributed by atoms with Crippen LogP contribution in [0.15, 0.2) is 72.3 Å². The molecule has 0 spiro atoms. The molecule has 0 aliphatic carbocycles. The summed E-state index contributed by atoms with van der Waals surface area (Å²) in [6, 6.07) is 15.3. The summed E-state index contributed by atoms with van der Waals surface area (Å²) < 4.78 is 5.05. The van der Waals surface area contributed by atoms with Crippen molar-refractivity contribution in [1.29, 1.82) is 0 Å². The average molecular weight is 471 g/mol. The van der Waals surface area contributed by atoms with Gasteiger partial charge in [-0.25, -0.2) is 9.59 Å². The van der Waals surface area contributed by atoms with Crippen LogP contribution in [0, 0.1) is 0 Å². The van der Waals surface area contributed by atoms with Gasteiger partial charge in [0.05, 0.1) is 17.2 Å². The minimum atomic E-state index is -1.42. The van der Waals surface area contributed by atoms with Gasteiger partial charge in [0.1, 0.15) is 23.7 Å². The van der Waals surface area contributed by atoms with Gasteiger partial charge in [-0.15, -0.1) is 0 Å². The van der Waals surface area contributed by atoms with Crippen molar-refractivity contribution in [1.82, 2.24) is 0 Å². The molecule has 2 aliphatic heterocycles. The van der Waals surface area contributed by atoms with Crippen LogP contribution in [-0.4, -0.2) is 38.9 Å². The number of carbonyl (C=O) groups excluding carboxylic acids is 3. The Hall–Kier alpha value is -4.92. The number of carboxylic acid groups (broad SMARTS) is 1. The zero-order chi connectivity index (χ0) is 24.9. The largest absolute Gasteiger partial charge is 0.507 e. The average Bonchev–Trinajstić information content (AvgIpc) is 3.36. The number of esters is 1. The van der Waals surface area contributed by atoms with Gasteiger partial charge in [0.15, 0.2) is 0 Å². The molecule has 3 aromatic rings. The minimum absolute atomic E-state index is 0.0166. The molecule has 0 bridgehead atoms. The number of ketones is 1. The number of fused-ring (bicyclic) bond motifs is 1. The van der Waals surface area contributed by atoms with Gasteiger partial charge in [0, 0.05) is 16.8 Å². The molecule has 1 amide bonds. The first-order chi connectivity index (χ1) is 16.8. The number of amides is 1. The summed E-state index contributed by atoms with van der Waals surface area (Å²) in [4.78, 5) is 51.0. The Morgan fingerprint density at radius 1 is 0.943 bits per heavy atom. The number of anilines is 1. The lowest BCUT2D eigenvalue weighted by Gasteiger charge is -2.26. The summed E-state index contributed by atoms with van der Waals surface area (Å²) in [5.41, 5.74) is 1.000. The quantitative estimate of drug-likeness (QED) is 0.228. The molecule has 1 fully saturated rings. The van der Waals surface area contributed by atoms with Crippen LogP contribution in [0.4, 0.5) is 5.69 Å². The Bertz CT molecular complexity index is 1460. The van der Waals surface area contributed by atoms with Crippen LogP contribution in [0.1, 0.15) is 43.4 Å². The Kier molecular flexibility index (Phi) is 5.09. The summed E-state index contributed by atoms with van der Waals surface area (Å²) in [5.74, 6) is -4.77. The number of phenols is 1. The highest BCUT2D eigenvalue weighted by atomic mass is 16.5. The van der Waals surface area contributed by atoms with Gasteiger partial charge in [-0.3, -0.25) is 14.5 Å². The Morgan fingerprint density at radius 2 is 1.69 bits per heavy atom. The number of hydrogen-bond donors (Lipinski definition) is 3. The van der Waals surface area contributed by atoms with E-state index in [2.05, 4.69) is 0 Å². The molecule has 1 saturated heterocycles. The predicted molar refractivity (Wildman–Crippen MR) is 122 cm³/mol. The van der Waals surface area contributed by atoms with Gasteiger partial charge < -0.3 is 20.1 Å². The fraction of sp³-hybridized carbons (Fsp3) is 0.0769. The molecule has 35 heavy (non-hydrogen) atoms.